The topological polar surface area (TPSA) is 45.5 Å². The molecule has 116 valence electrons. The highest BCUT2D eigenvalue weighted by Gasteiger charge is 2.38. The number of hydrogen-bond donors (Lipinski definition) is 1. The predicted octanol–water partition coefficient (Wildman–Crippen LogP) is 2.75. The summed E-state index contributed by atoms with van der Waals surface area (Å²) >= 11 is 0. The van der Waals surface area contributed by atoms with Crippen LogP contribution in [0.25, 0.3) is 0 Å². The Morgan fingerprint density at radius 3 is 2.71 bits per heavy atom. The summed E-state index contributed by atoms with van der Waals surface area (Å²) in [4.78, 5) is 14.5. The minimum atomic E-state index is -0.222. The zero-order valence-corrected chi connectivity index (χ0v) is 13.3. The summed E-state index contributed by atoms with van der Waals surface area (Å²) in [6.07, 6.45) is 3.06. The van der Waals surface area contributed by atoms with Gasteiger partial charge in [-0.25, -0.2) is 0 Å². The normalized spacial score (nSPS) is 27.4. The van der Waals surface area contributed by atoms with E-state index in [2.05, 4.69) is 25.2 Å². The summed E-state index contributed by atoms with van der Waals surface area (Å²) < 4.78 is 5.91. The average molecular weight is 290 g/mol. The number of carbonyl (C=O) groups is 1. The Morgan fingerprint density at radius 1 is 1.43 bits per heavy atom. The van der Waals surface area contributed by atoms with Crippen LogP contribution in [0.4, 0.5) is 0 Å². The molecular formula is C17H26N2O2. The summed E-state index contributed by atoms with van der Waals surface area (Å²) in [5.41, 5.74) is -0.222. The molecule has 4 heteroatoms. The lowest BCUT2D eigenvalue weighted by Gasteiger charge is -2.35. The van der Waals surface area contributed by atoms with E-state index >= 15 is 0 Å². The minimum Gasteiger partial charge on any atom is -0.464 e. The lowest BCUT2D eigenvalue weighted by molar-refractivity contribution is -0.142. The largest absolute Gasteiger partial charge is 0.464 e. The summed E-state index contributed by atoms with van der Waals surface area (Å²) in [6.45, 7) is 6.77. The Morgan fingerprint density at radius 2 is 2.10 bits per heavy atom. The van der Waals surface area contributed by atoms with E-state index in [9.17, 15) is 4.79 Å². The molecule has 1 saturated heterocycles. The van der Waals surface area contributed by atoms with E-state index in [1.54, 1.807) is 0 Å². The van der Waals surface area contributed by atoms with Crippen LogP contribution in [0, 0.1) is 11.3 Å². The van der Waals surface area contributed by atoms with Gasteiger partial charge in [-0.05, 0) is 50.4 Å². The van der Waals surface area contributed by atoms with Crippen LogP contribution in [0.3, 0.4) is 0 Å². The fraction of sp³-hybridized carbons (Fsp3) is 0.706. The Hall–Kier alpha value is -1.29. The molecule has 0 radical (unpaired) electrons. The van der Waals surface area contributed by atoms with Crippen LogP contribution in [-0.4, -0.2) is 30.9 Å². The summed E-state index contributed by atoms with van der Waals surface area (Å²) in [6, 6.07) is 4.10. The first-order chi connectivity index (χ1) is 9.99. The third kappa shape index (κ3) is 3.00. The molecule has 4 nitrogen and oxygen atoms in total. The number of carbonyl (C=O) groups excluding carboxylic acids is 1. The van der Waals surface area contributed by atoms with Crippen molar-refractivity contribution in [3.05, 3.63) is 23.7 Å². The van der Waals surface area contributed by atoms with Gasteiger partial charge in [0.2, 0.25) is 5.91 Å². The van der Waals surface area contributed by atoms with E-state index in [0.717, 1.165) is 43.4 Å². The first-order valence-corrected chi connectivity index (χ1v) is 8.04. The quantitative estimate of drug-likeness (QED) is 0.927. The number of hydrogen-bond acceptors (Lipinski definition) is 3. The molecule has 2 atom stereocenters. The van der Waals surface area contributed by atoms with Crippen molar-refractivity contribution >= 4 is 5.91 Å². The lowest BCUT2D eigenvalue weighted by Crippen LogP contribution is -2.46. The number of piperidine rings is 1. The minimum absolute atomic E-state index is 0.222. The van der Waals surface area contributed by atoms with Crippen molar-refractivity contribution in [3.8, 4) is 0 Å². The van der Waals surface area contributed by atoms with Crippen molar-refractivity contribution < 1.29 is 9.21 Å². The molecule has 0 bridgehead atoms. The molecule has 1 aromatic rings. The van der Waals surface area contributed by atoms with Crippen molar-refractivity contribution in [2.45, 2.75) is 45.6 Å². The third-order valence-corrected chi connectivity index (χ3v) is 5.12. The molecule has 1 aromatic heterocycles. The molecule has 1 N–H and O–H groups in total. The molecule has 0 spiro atoms. The van der Waals surface area contributed by atoms with Gasteiger partial charge in [0.1, 0.15) is 11.5 Å². The van der Waals surface area contributed by atoms with Crippen LogP contribution in [0.1, 0.15) is 50.5 Å². The fourth-order valence-electron chi connectivity index (χ4n) is 3.36. The Bertz CT molecular complexity index is 517. The molecule has 3 rings (SSSR count). The Balaban J connectivity index is 1.61. The highest BCUT2D eigenvalue weighted by atomic mass is 16.3. The van der Waals surface area contributed by atoms with Gasteiger partial charge in [0.25, 0.3) is 0 Å². The van der Waals surface area contributed by atoms with Crippen molar-refractivity contribution in [1.29, 1.82) is 0 Å². The van der Waals surface area contributed by atoms with E-state index < -0.39 is 0 Å². The summed E-state index contributed by atoms with van der Waals surface area (Å²) in [5, 5.41) is 3.32. The van der Waals surface area contributed by atoms with Gasteiger partial charge in [-0.15, -0.1) is 0 Å². The number of nitrogens with zero attached hydrogens (tertiary/aromatic N) is 1. The first-order valence-electron chi connectivity index (χ1n) is 8.04. The molecule has 2 aliphatic rings. The fourth-order valence-corrected chi connectivity index (χ4v) is 3.36. The van der Waals surface area contributed by atoms with Gasteiger partial charge >= 0.3 is 0 Å². The number of furan rings is 1. The smallest absolute Gasteiger partial charge is 0.228 e. The van der Waals surface area contributed by atoms with Gasteiger partial charge in [-0.1, -0.05) is 13.8 Å². The van der Waals surface area contributed by atoms with E-state index in [0.29, 0.717) is 12.5 Å². The SMILES string of the molecule is CC1CC1c1ccc(CN(C)C(=O)C2(C)CCNCC2)o1. The summed E-state index contributed by atoms with van der Waals surface area (Å²) in [7, 11) is 1.89. The predicted molar refractivity (Wildman–Crippen MR) is 81.9 cm³/mol. The van der Waals surface area contributed by atoms with Gasteiger partial charge < -0.3 is 14.6 Å². The van der Waals surface area contributed by atoms with Crippen molar-refractivity contribution in [2.75, 3.05) is 20.1 Å². The van der Waals surface area contributed by atoms with Crippen LogP contribution in [0.5, 0.6) is 0 Å². The second-order valence-electron chi connectivity index (χ2n) is 7.10. The lowest BCUT2D eigenvalue weighted by atomic mass is 9.80. The molecule has 0 aromatic carbocycles. The maximum Gasteiger partial charge on any atom is 0.228 e. The van der Waals surface area contributed by atoms with Crippen LogP contribution < -0.4 is 5.32 Å². The van der Waals surface area contributed by atoms with Gasteiger partial charge in [0.05, 0.1) is 6.54 Å². The van der Waals surface area contributed by atoms with Crippen molar-refractivity contribution in [2.24, 2.45) is 11.3 Å². The van der Waals surface area contributed by atoms with E-state index in [1.165, 1.54) is 6.42 Å². The molecule has 2 unspecified atom stereocenters. The van der Waals surface area contributed by atoms with E-state index in [4.69, 9.17) is 4.42 Å². The van der Waals surface area contributed by atoms with E-state index in [-0.39, 0.29) is 11.3 Å². The molecule has 1 aliphatic carbocycles. The molecule has 1 saturated carbocycles. The Labute approximate surface area is 126 Å². The maximum atomic E-state index is 12.7. The highest BCUT2D eigenvalue weighted by Crippen LogP contribution is 2.47. The standard InChI is InChI=1S/C17H26N2O2/c1-12-10-14(12)15-5-4-13(21-15)11-19(3)16(20)17(2)6-8-18-9-7-17/h4-5,12,14,18H,6-11H2,1-3H3. The monoisotopic (exact) mass is 290 g/mol. The third-order valence-electron chi connectivity index (χ3n) is 5.12. The molecule has 2 heterocycles. The molecular weight excluding hydrogens is 264 g/mol. The van der Waals surface area contributed by atoms with Crippen molar-refractivity contribution in [3.63, 3.8) is 0 Å². The van der Waals surface area contributed by atoms with Gasteiger partial charge in [-0.2, -0.15) is 0 Å². The second kappa shape index (κ2) is 5.48. The van der Waals surface area contributed by atoms with Crippen LogP contribution >= 0.6 is 0 Å². The molecule has 1 amide bonds. The Kier molecular flexibility index (Phi) is 3.82. The second-order valence-corrected chi connectivity index (χ2v) is 7.10. The number of rotatable bonds is 4. The maximum absolute atomic E-state index is 12.7. The molecule has 1 aliphatic heterocycles. The highest BCUT2D eigenvalue weighted by molar-refractivity contribution is 5.82. The van der Waals surface area contributed by atoms with Gasteiger partial charge in [-0.3, -0.25) is 4.79 Å². The summed E-state index contributed by atoms with van der Waals surface area (Å²) in [5.74, 6) is 3.57. The number of nitrogens with one attached hydrogen (secondary N) is 1. The molecule has 2 fully saturated rings. The molecule has 21 heavy (non-hydrogen) atoms. The van der Waals surface area contributed by atoms with E-state index in [1.807, 2.05) is 18.0 Å². The zero-order valence-electron chi connectivity index (χ0n) is 13.3. The van der Waals surface area contributed by atoms with Crippen LogP contribution in [0.2, 0.25) is 0 Å². The van der Waals surface area contributed by atoms with Crippen LogP contribution in [0.15, 0.2) is 16.5 Å². The van der Waals surface area contributed by atoms with Crippen LogP contribution in [-0.2, 0) is 11.3 Å². The van der Waals surface area contributed by atoms with Crippen molar-refractivity contribution in [1.82, 2.24) is 10.2 Å². The number of amides is 1. The average Bonchev–Trinajstić information content (AvgIpc) is 3.01. The van der Waals surface area contributed by atoms with Gasteiger partial charge in [0.15, 0.2) is 0 Å². The van der Waals surface area contributed by atoms with Gasteiger partial charge in [0, 0.05) is 18.4 Å². The zero-order chi connectivity index (χ0) is 15.0. The first kappa shape index (κ1) is 14.6.